The van der Waals surface area contributed by atoms with E-state index in [0.29, 0.717) is 50.5 Å². The molecule has 10 heteroatoms. The number of carbonyl (C=O) groups is 3. The number of rotatable bonds is 17. The van der Waals surface area contributed by atoms with E-state index in [2.05, 4.69) is 25.9 Å². The summed E-state index contributed by atoms with van der Waals surface area (Å²) in [5.41, 5.74) is 2.46. The molecule has 1 heterocycles. The SMILES string of the molecule is CC(C)CN(CCC[C@H](NC(=O)c1ccc(CNCc2ncc[nH]2)cc1)C(=O)NC(C)c1cccc2ccccc12)CC(=O)O. The Kier molecular flexibility index (Phi) is 12.2. The Labute approximate surface area is 264 Å². The normalized spacial score (nSPS) is 12.7. The number of aliphatic carboxylic acids is 1. The molecule has 0 saturated carbocycles. The molecule has 4 rings (SSSR count). The fourth-order valence-corrected chi connectivity index (χ4v) is 5.49. The fourth-order valence-electron chi connectivity index (χ4n) is 5.49. The number of imidazole rings is 1. The lowest BCUT2D eigenvalue weighted by atomic mass is 9.99. The number of carboxylic acid groups (broad SMARTS) is 1. The standard InChI is InChI=1S/C35H44N6O4/c1-24(2)22-41(23-33(42)43)19-7-12-31(35(45)39-25(3)29-11-6-9-27-8-4-5-10-30(27)29)40-34(44)28-15-13-26(14-16-28)20-36-21-32-37-17-18-38-32/h4-6,8-11,13-18,24-25,31,36H,7,12,19-23H2,1-3H3,(H,37,38)(H,39,45)(H,40,44)(H,42,43)/t25?,31-/m0/s1. The van der Waals surface area contributed by atoms with Crippen molar-refractivity contribution in [2.24, 2.45) is 5.92 Å². The topological polar surface area (TPSA) is 139 Å². The van der Waals surface area contributed by atoms with Crippen molar-refractivity contribution in [1.82, 2.24) is 30.8 Å². The number of fused-ring (bicyclic) bond motifs is 1. The van der Waals surface area contributed by atoms with E-state index < -0.39 is 12.0 Å². The van der Waals surface area contributed by atoms with Gasteiger partial charge in [0.2, 0.25) is 5.91 Å². The van der Waals surface area contributed by atoms with Gasteiger partial charge in [0, 0.05) is 31.0 Å². The Morgan fingerprint density at radius 3 is 2.40 bits per heavy atom. The first-order valence-corrected chi connectivity index (χ1v) is 15.5. The molecule has 0 aliphatic heterocycles. The second-order valence-electron chi connectivity index (χ2n) is 11.8. The second-order valence-corrected chi connectivity index (χ2v) is 11.8. The number of nitrogens with zero attached hydrogens (tertiary/aromatic N) is 2. The van der Waals surface area contributed by atoms with Gasteiger partial charge in [-0.05, 0) is 66.3 Å². The van der Waals surface area contributed by atoms with E-state index in [-0.39, 0.29) is 24.4 Å². The van der Waals surface area contributed by atoms with E-state index in [1.54, 1.807) is 24.5 Å². The zero-order valence-electron chi connectivity index (χ0n) is 26.3. The van der Waals surface area contributed by atoms with Crippen LogP contribution in [0.15, 0.2) is 79.1 Å². The van der Waals surface area contributed by atoms with Gasteiger partial charge >= 0.3 is 5.97 Å². The Morgan fingerprint density at radius 2 is 1.69 bits per heavy atom. The van der Waals surface area contributed by atoms with Gasteiger partial charge in [-0.15, -0.1) is 0 Å². The largest absolute Gasteiger partial charge is 0.480 e. The number of nitrogens with one attached hydrogen (secondary N) is 4. The predicted octanol–water partition coefficient (Wildman–Crippen LogP) is 4.65. The van der Waals surface area contributed by atoms with Gasteiger partial charge in [0.15, 0.2) is 0 Å². The molecule has 0 fully saturated rings. The van der Waals surface area contributed by atoms with Crippen molar-refractivity contribution in [2.75, 3.05) is 19.6 Å². The van der Waals surface area contributed by atoms with Crippen LogP contribution >= 0.6 is 0 Å². The van der Waals surface area contributed by atoms with E-state index in [4.69, 9.17) is 0 Å². The van der Waals surface area contributed by atoms with Gasteiger partial charge in [0.25, 0.3) is 5.91 Å². The van der Waals surface area contributed by atoms with E-state index in [1.807, 2.05) is 80.3 Å². The summed E-state index contributed by atoms with van der Waals surface area (Å²) in [4.78, 5) is 47.6. The van der Waals surface area contributed by atoms with Gasteiger partial charge in [-0.2, -0.15) is 0 Å². The summed E-state index contributed by atoms with van der Waals surface area (Å²) in [6.45, 7) is 8.31. The minimum absolute atomic E-state index is 0.0672. The first kappa shape index (κ1) is 33.4. The molecule has 1 unspecified atom stereocenters. The van der Waals surface area contributed by atoms with Crippen LogP contribution in [0, 0.1) is 5.92 Å². The average molecular weight is 613 g/mol. The lowest BCUT2D eigenvalue weighted by Crippen LogP contribution is -2.47. The van der Waals surface area contributed by atoms with Gasteiger partial charge < -0.3 is 26.0 Å². The Bertz CT molecular complexity index is 1530. The van der Waals surface area contributed by atoms with Crippen LogP contribution in [0.4, 0.5) is 0 Å². The lowest BCUT2D eigenvalue weighted by molar-refractivity contribution is -0.138. The smallest absolute Gasteiger partial charge is 0.317 e. The Hall–Kier alpha value is -4.54. The summed E-state index contributed by atoms with van der Waals surface area (Å²) < 4.78 is 0. The van der Waals surface area contributed by atoms with E-state index in [1.165, 1.54) is 0 Å². The van der Waals surface area contributed by atoms with E-state index in [0.717, 1.165) is 27.7 Å². The minimum atomic E-state index is -0.887. The molecule has 2 atom stereocenters. The van der Waals surface area contributed by atoms with Gasteiger partial charge in [-0.1, -0.05) is 68.4 Å². The molecule has 0 bridgehead atoms. The van der Waals surface area contributed by atoms with Crippen LogP contribution in [0.25, 0.3) is 10.8 Å². The first-order valence-electron chi connectivity index (χ1n) is 15.5. The predicted molar refractivity (Wildman–Crippen MR) is 175 cm³/mol. The van der Waals surface area contributed by atoms with Crippen molar-refractivity contribution in [1.29, 1.82) is 0 Å². The van der Waals surface area contributed by atoms with Gasteiger partial charge in [-0.25, -0.2) is 4.98 Å². The van der Waals surface area contributed by atoms with Crippen LogP contribution in [0.2, 0.25) is 0 Å². The summed E-state index contributed by atoms with van der Waals surface area (Å²) in [5.74, 6) is -0.362. The molecular formula is C35H44N6O4. The summed E-state index contributed by atoms with van der Waals surface area (Å²) in [6, 6.07) is 20.2. The molecule has 4 aromatic rings. The van der Waals surface area contributed by atoms with Gasteiger partial charge in [-0.3, -0.25) is 19.3 Å². The maximum Gasteiger partial charge on any atom is 0.317 e. The number of aromatic amines is 1. The summed E-state index contributed by atoms with van der Waals surface area (Å²) in [7, 11) is 0. The molecule has 5 N–H and O–H groups in total. The fraction of sp³-hybridized carbons (Fsp3) is 0.371. The third-order valence-electron chi connectivity index (χ3n) is 7.61. The van der Waals surface area contributed by atoms with Gasteiger partial charge in [0.05, 0.1) is 19.1 Å². The quantitative estimate of drug-likeness (QED) is 0.117. The van der Waals surface area contributed by atoms with Crippen molar-refractivity contribution >= 4 is 28.6 Å². The van der Waals surface area contributed by atoms with Gasteiger partial charge in [0.1, 0.15) is 11.9 Å². The van der Waals surface area contributed by atoms with Crippen molar-refractivity contribution in [3.8, 4) is 0 Å². The highest BCUT2D eigenvalue weighted by atomic mass is 16.4. The summed E-state index contributed by atoms with van der Waals surface area (Å²) in [6.07, 6.45) is 4.39. The number of carbonyl (C=O) groups excluding carboxylic acids is 2. The van der Waals surface area contributed by atoms with E-state index in [9.17, 15) is 19.5 Å². The van der Waals surface area contributed by atoms with Crippen LogP contribution in [0.3, 0.4) is 0 Å². The average Bonchev–Trinajstić information content (AvgIpc) is 3.53. The van der Waals surface area contributed by atoms with Crippen molar-refractivity contribution in [3.05, 3.63) is 102 Å². The number of carboxylic acids is 1. The van der Waals surface area contributed by atoms with Crippen molar-refractivity contribution in [3.63, 3.8) is 0 Å². The zero-order valence-corrected chi connectivity index (χ0v) is 26.3. The molecule has 238 valence electrons. The molecule has 0 saturated heterocycles. The van der Waals surface area contributed by atoms with E-state index >= 15 is 0 Å². The molecule has 0 aliphatic carbocycles. The third kappa shape index (κ3) is 10.3. The molecule has 1 aromatic heterocycles. The monoisotopic (exact) mass is 612 g/mol. The Morgan fingerprint density at radius 1 is 0.933 bits per heavy atom. The zero-order chi connectivity index (χ0) is 32.2. The molecule has 0 spiro atoms. The summed E-state index contributed by atoms with van der Waals surface area (Å²) >= 11 is 0. The molecule has 2 amide bonds. The lowest BCUT2D eigenvalue weighted by Gasteiger charge is -2.25. The maximum absolute atomic E-state index is 13.7. The van der Waals surface area contributed by atoms with Crippen molar-refractivity contribution in [2.45, 2.75) is 58.8 Å². The van der Waals surface area contributed by atoms with Crippen LogP contribution in [-0.4, -0.2) is 63.4 Å². The van der Waals surface area contributed by atoms with Crippen LogP contribution < -0.4 is 16.0 Å². The number of hydrogen-bond donors (Lipinski definition) is 5. The second kappa shape index (κ2) is 16.5. The maximum atomic E-state index is 13.7. The highest BCUT2D eigenvalue weighted by Gasteiger charge is 2.24. The summed E-state index contributed by atoms with van der Waals surface area (Å²) in [5, 5.41) is 20.9. The molecule has 0 aliphatic rings. The van der Waals surface area contributed by atoms with Crippen LogP contribution in [0.1, 0.15) is 67.0 Å². The molecular weight excluding hydrogens is 568 g/mol. The van der Waals surface area contributed by atoms with Crippen LogP contribution in [-0.2, 0) is 22.7 Å². The highest BCUT2D eigenvalue weighted by Crippen LogP contribution is 2.24. The number of benzene rings is 3. The highest BCUT2D eigenvalue weighted by molar-refractivity contribution is 5.97. The minimum Gasteiger partial charge on any atom is -0.480 e. The third-order valence-corrected chi connectivity index (χ3v) is 7.61. The van der Waals surface area contributed by atoms with Crippen LogP contribution in [0.5, 0.6) is 0 Å². The molecule has 3 aromatic carbocycles. The van der Waals surface area contributed by atoms with Crippen molar-refractivity contribution < 1.29 is 19.5 Å². The number of aromatic nitrogens is 2. The molecule has 0 radical (unpaired) electrons. The number of H-pyrrole nitrogens is 1. The number of amides is 2. The molecule has 10 nitrogen and oxygen atoms in total. The number of hydrogen-bond acceptors (Lipinski definition) is 6. The molecule has 45 heavy (non-hydrogen) atoms. The Balaban J connectivity index is 1.43. The first-order chi connectivity index (χ1) is 21.7.